The zero-order valence-electron chi connectivity index (χ0n) is 13.9. The number of rotatable bonds is 5. The number of nitrogens with zero attached hydrogens (tertiary/aromatic N) is 1. The quantitative estimate of drug-likeness (QED) is 0.770. The Morgan fingerprint density at radius 2 is 2.21 bits per heavy atom. The average molecular weight is 351 g/mol. The molecule has 1 unspecified atom stereocenters. The number of fused-ring (bicyclic) bond motifs is 1. The molecule has 3 N–H and O–H groups in total. The van der Waals surface area contributed by atoms with Crippen LogP contribution in [0.15, 0.2) is 24.3 Å². The molecule has 6 nitrogen and oxygen atoms in total. The Hall–Kier alpha value is -2.05. The van der Waals surface area contributed by atoms with Gasteiger partial charge >= 0.3 is 0 Å². The van der Waals surface area contributed by atoms with Gasteiger partial charge in [0.1, 0.15) is 11.9 Å². The Balaban J connectivity index is 0.00000208. The van der Waals surface area contributed by atoms with E-state index in [1.807, 2.05) is 38.1 Å². The van der Waals surface area contributed by atoms with Crippen LogP contribution in [0.4, 0.5) is 0 Å². The van der Waals surface area contributed by atoms with Crippen molar-refractivity contribution in [2.45, 2.75) is 32.9 Å². The third kappa shape index (κ3) is 4.07. The maximum Gasteiger partial charge on any atom is 0.272 e. The molecular weight excluding hydrogens is 328 g/mol. The van der Waals surface area contributed by atoms with E-state index in [0.717, 1.165) is 35.5 Å². The molecule has 1 aliphatic rings. The topological polar surface area (TPSA) is 79.0 Å². The predicted octanol–water partition coefficient (Wildman–Crippen LogP) is 1.98. The van der Waals surface area contributed by atoms with Crippen LogP contribution in [-0.2, 0) is 13.0 Å². The molecule has 0 spiro atoms. The summed E-state index contributed by atoms with van der Waals surface area (Å²) in [4.78, 5) is 12.3. The smallest absolute Gasteiger partial charge is 0.272 e. The summed E-state index contributed by atoms with van der Waals surface area (Å²) in [5.74, 6) is 0.682. The van der Waals surface area contributed by atoms with E-state index < -0.39 is 0 Å². The van der Waals surface area contributed by atoms with Gasteiger partial charge in [-0.25, -0.2) is 0 Å². The number of hydrogen-bond donors (Lipinski definition) is 3. The first-order valence-electron chi connectivity index (χ1n) is 7.92. The highest BCUT2D eigenvalue weighted by Crippen LogP contribution is 2.18. The van der Waals surface area contributed by atoms with Gasteiger partial charge in [0.05, 0.1) is 6.54 Å². The average Bonchev–Trinajstić information content (AvgIpc) is 2.99. The zero-order chi connectivity index (χ0) is 16.2. The molecule has 7 heteroatoms. The summed E-state index contributed by atoms with van der Waals surface area (Å²) in [7, 11) is 0. The standard InChI is InChI=1S/C17H22N4O2.ClH/c1-11-5-3-4-6-15(11)23-12(2)9-19-17(22)16-13-10-18-8-7-14(13)20-21-16;/h3-6,12,18H,7-10H2,1-2H3,(H,19,22)(H,20,21);1H. The van der Waals surface area contributed by atoms with Crippen LogP contribution in [0.5, 0.6) is 5.75 Å². The molecule has 1 aromatic carbocycles. The van der Waals surface area contributed by atoms with Gasteiger partial charge in [0.15, 0.2) is 5.69 Å². The lowest BCUT2D eigenvalue weighted by Gasteiger charge is -2.17. The molecule has 1 aliphatic heterocycles. The van der Waals surface area contributed by atoms with Crippen LogP contribution in [0.3, 0.4) is 0 Å². The fourth-order valence-electron chi connectivity index (χ4n) is 2.68. The van der Waals surface area contributed by atoms with Crippen LogP contribution in [-0.4, -0.2) is 35.3 Å². The van der Waals surface area contributed by atoms with Crippen LogP contribution in [0.1, 0.15) is 34.2 Å². The van der Waals surface area contributed by atoms with Gasteiger partial charge in [-0.2, -0.15) is 5.10 Å². The summed E-state index contributed by atoms with van der Waals surface area (Å²) < 4.78 is 5.87. The van der Waals surface area contributed by atoms with Crippen molar-refractivity contribution in [2.75, 3.05) is 13.1 Å². The minimum Gasteiger partial charge on any atom is -0.489 e. The number of carbonyl (C=O) groups excluding carboxylic acids is 1. The van der Waals surface area contributed by atoms with Crippen LogP contribution < -0.4 is 15.4 Å². The zero-order valence-corrected chi connectivity index (χ0v) is 14.7. The number of benzene rings is 1. The molecule has 0 bridgehead atoms. The molecule has 1 amide bonds. The van der Waals surface area contributed by atoms with Gasteiger partial charge < -0.3 is 15.4 Å². The molecule has 1 atom stereocenters. The number of halogens is 1. The van der Waals surface area contributed by atoms with E-state index >= 15 is 0 Å². The monoisotopic (exact) mass is 350 g/mol. The number of amides is 1. The minimum atomic E-state index is -0.161. The van der Waals surface area contributed by atoms with Crippen molar-refractivity contribution < 1.29 is 9.53 Å². The minimum absolute atomic E-state index is 0. The van der Waals surface area contributed by atoms with E-state index in [0.29, 0.717) is 18.8 Å². The first kappa shape index (κ1) is 18.3. The Morgan fingerprint density at radius 3 is 3.00 bits per heavy atom. The number of aromatic nitrogens is 2. The van der Waals surface area contributed by atoms with Gasteiger partial charge in [0, 0.05) is 30.8 Å². The van der Waals surface area contributed by atoms with Crippen molar-refractivity contribution in [3.05, 3.63) is 46.8 Å². The summed E-state index contributed by atoms with van der Waals surface area (Å²) in [6, 6.07) is 7.85. The molecule has 1 aromatic heterocycles. The van der Waals surface area contributed by atoms with E-state index in [1.54, 1.807) is 0 Å². The van der Waals surface area contributed by atoms with Gasteiger partial charge in [0.2, 0.25) is 0 Å². The van der Waals surface area contributed by atoms with E-state index in [-0.39, 0.29) is 24.4 Å². The van der Waals surface area contributed by atoms with Gasteiger partial charge in [-0.1, -0.05) is 18.2 Å². The third-order valence-electron chi connectivity index (χ3n) is 3.99. The maximum atomic E-state index is 12.3. The Bertz CT molecular complexity index is 702. The normalized spacial score (nSPS) is 14.2. The summed E-state index contributed by atoms with van der Waals surface area (Å²) in [5, 5.41) is 13.3. The third-order valence-corrected chi connectivity index (χ3v) is 3.99. The fourth-order valence-corrected chi connectivity index (χ4v) is 2.68. The van der Waals surface area contributed by atoms with Crippen molar-refractivity contribution >= 4 is 18.3 Å². The first-order valence-corrected chi connectivity index (χ1v) is 7.92. The highest BCUT2D eigenvalue weighted by Gasteiger charge is 2.21. The van der Waals surface area contributed by atoms with Crippen LogP contribution in [0.2, 0.25) is 0 Å². The lowest BCUT2D eigenvalue weighted by Crippen LogP contribution is -2.35. The Labute approximate surface area is 147 Å². The molecule has 24 heavy (non-hydrogen) atoms. The second-order valence-electron chi connectivity index (χ2n) is 5.86. The van der Waals surface area contributed by atoms with Gasteiger partial charge in [-0.3, -0.25) is 9.89 Å². The number of H-pyrrole nitrogens is 1. The summed E-state index contributed by atoms with van der Waals surface area (Å²) in [6.07, 6.45) is 0.760. The van der Waals surface area contributed by atoms with Gasteiger partial charge in [-0.15, -0.1) is 12.4 Å². The van der Waals surface area contributed by atoms with E-state index in [4.69, 9.17) is 4.74 Å². The first-order chi connectivity index (χ1) is 11.1. The van der Waals surface area contributed by atoms with Crippen molar-refractivity contribution in [3.63, 3.8) is 0 Å². The highest BCUT2D eigenvalue weighted by molar-refractivity contribution is 5.94. The molecule has 0 fully saturated rings. The van der Waals surface area contributed by atoms with Crippen molar-refractivity contribution in [1.29, 1.82) is 0 Å². The SMILES string of the molecule is Cc1ccccc1OC(C)CNC(=O)c1n[nH]c2c1CNCC2.Cl. The van der Waals surface area contributed by atoms with E-state index in [9.17, 15) is 4.79 Å². The second kappa shape index (κ2) is 8.17. The molecule has 0 saturated heterocycles. The largest absolute Gasteiger partial charge is 0.489 e. The molecule has 0 radical (unpaired) electrons. The van der Waals surface area contributed by atoms with E-state index in [1.165, 1.54) is 0 Å². The van der Waals surface area contributed by atoms with Crippen molar-refractivity contribution in [1.82, 2.24) is 20.8 Å². The number of aromatic amines is 1. The maximum absolute atomic E-state index is 12.3. The summed E-state index contributed by atoms with van der Waals surface area (Å²) in [5.41, 5.74) is 3.59. The summed E-state index contributed by atoms with van der Waals surface area (Å²) in [6.45, 7) is 5.97. The molecule has 0 saturated carbocycles. The lowest BCUT2D eigenvalue weighted by atomic mass is 10.1. The highest BCUT2D eigenvalue weighted by atomic mass is 35.5. The van der Waals surface area contributed by atoms with Crippen LogP contribution in [0.25, 0.3) is 0 Å². The van der Waals surface area contributed by atoms with Gasteiger partial charge in [-0.05, 0) is 25.5 Å². The fraction of sp³-hybridized carbons (Fsp3) is 0.412. The Morgan fingerprint density at radius 1 is 1.42 bits per heavy atom. The van der Waals surface area contributed by atoms with Crippen molar-refractivity contribution in [3.8, 4) is 5.75 Å². The number of nitrogens with one attached hydrogen (secondary N) is 3. The lowest BCUT2D eigenvalue weighted by molar-refractivity contribution is 0.0926. The van der Waals surface area contributed by atoms with Crippen LogP contribution in [0, 0.1) is 6.92 Å². The molecule has 2 heterocycles. The van der Waals surface area contributed by atoms with E-state index in [2.05, 4.69) is 20.8 Å². The number of para-hydroxylation sites is 1. The van der Waals surface area contributed by atoms with Gasteiger partial charge in [0.25, 0.3) is 5.91 Å². The predicted molar refractivity (Wildman–Crippen MR) is 94.8 cm³/mol. The number of carbonyl (C=O) groups is 1. The number of aryl methyl sites for hydroxylation is 1. The second-order valence-corrected chi connectivity index (χ2v) is 5.86. The number of ether oxygens (including phenoxy) is 1. The Kier molecular flexibility index (Phi) is 6.23. The summed E-state index contributed by atoms with van der Waals surface area (Å²) >= 11 is 0. The molecular formula is C17H23ClN4O2. The van der Waals surface area contributed by atoms with Crippen molar-refractivity contribution in [2.24, 2.45) is 0 Å². The molecule has 3 rings (SSSR count). The number of hydrogen-bond acceptors (Lipinski definition) is 4. The molecule has 0 aliphatic carbocycles. The molecule has 130 valence electrons. The molecule has 2 aromatic rings. The van der Waals surface area contributed by atoms with Crippen LogP contribution >= 0.6 is 12.4 Å².